The number of nitrogens with one attached hydrogen (secondary N) is 2. The van der Waals surface area contributed by atoms with Gasteiger partial charge in [0.2, 0.25) is 11.0 Å². The average Bonchev–Trinajstić information content (AvgIpc) is 3.18. The minimum Gasteiger partial charge on any atom is -0.497 e. The van der Waals surface area contributed by atoms with Crippen molar-refractivity contribution in [2.24, 2.45) is 0 Å². The molecule has 126 valence electrons. The second-order valence-corrected chi connectivity index (χ2v) is 7.34. The highest BCUT2D eigenvalue weighted by atomic mass is 32.2. The summed E-state index contributed by atoms with van der Waals surface area (Å²) in [6.07, 6.45) is 0. The Morgan fingerprint density at radius 3 is 2.96 bits per heavy atom. The van der Waals surface area contributed by atoms with Gasteiger partial charge in [0.15, 0.2) is 5.16 Å². The number of hydrogen-bond donors (Lipinski definition) is 2. The molecule has 0 saturated carbocycles. The second-order valence-electron chi connectivity index (χ2n) is 5.36. The summed E-state index contributed by atoms with van der Waals surface area (Å²) in [6, 6.07) is 5.61. The third-order valence-corrected chi connectivity index (χ3v) is 5.20. The maximum Gasteiger partial charge on any atom is 0.236 e. The van der Waals surface area contributed by atoms with Crippen LogP contribution >= 0.6 is 23.1 Å². The van der Waals surface area contributed by atoms with Crippen molar-refractivity contribution in [1.29, 1.82) is 0 Å². The predicted octanol–water partition coefficient (Wildman–Crippen LogP) is 3.28. The van der Waals surface area contributed by atoms with E-state index in [9.17, 15) is 4.79 Å². The third-order valence-electron chi connectivity index (χ3n) is 3.19. The molecule has 7 nitrogen and oxygen atoms in total. The lowest BCUT2D eigenvalue weighted by Gasteiger charge is -1.99. The summed E-state index contributed by atoms with van der Waals surface area (Å²) in [4.78, 5) is 19.6. The first-order chi connectivity index (χ1) is 11.5. The van der Waals surface area contributed by atoms with Crippen LogP contribution in [0.5, 0.6) is 5.75 Å². The number of carbonyl (C=O) groups excluding carboxylic acids is 1. The quantitative estimate of drug-likeness (QED) is 0.653. The molecule has 0 aliphatic carbocycles. The van der Waals surface area contributed by atoms with Crippen molar-refractivity contribution in [3.05, 3.63) is 23.2 Å². The van der Waals surface area contributed by atoms with Crippen LogP contribution in [0.4, 0.5) is 5.13 Å². The van der Waals surface area contributed by atoms with Gasteiger partial charge in [0, 0.05) is 12.0 Å². The molecule has 2 N–H and O–H groups in total. The van der Waals surface area contributed by atoms with Gasteiger partial charge in [-0.15, -0.1) is 10.2 Å². The maximum absolute atomic E-state index is 12.0. The van der Waals surface area contributed by atoms with Crippen LogP contribution in [0.1, 0.15) is 24.8 Å². The van der Waals surface area contributed by atoms with Crippen LogP contribution in [0.25, 0.3) is 11.0 Å². The second kappa shape index (κ2) is 7.18. The van der Waals surface area contributed by atoms with Crippen LogP contribution in [0.15, 0.2) is 23.4 Å². The molecule has 2 heterocycles. The van der Waals surface area contributed by atoms with Crippen molar-refractivity contribution in [3.8, 4) is 5.75 Å². The molecule has 9 heteroatoms. The van der Waals surface area contributed by atoms with Gasteiger partial charge in [-0.05, 0) is 12.1 Å². The first-order valence-electron chi connectivity index (χ1n) is 7.35. The summed E-state index contributed by atoms with van der Waals surface area (Å²) < 4.78 is 5.18. The van der Waals surface area contributed by atoms with Gasteiger partial charge in [-0.2, -0.15) is 0 Å². The Hall–Kier alpha value is -2.13. The first kappa shape index (κ1) is 16.7. The van der Waals surface area contributed by atoms with Crippen LogP contribution in [-0.4, -0.2) is 38.9 Å². The highest BCUT2D eigenvalue weighted by molar-refractivity contribution is 7.99. The summed E-state index contributed by atoms with van der Waals surface area (Å²) in [5.74, 6) is 1.17. The largest absolute Gasteiger partial charge is 0.497 e. The normalized spacial score (nSPS) is 11.2. The predicted molar refractivity (Wildman–Crippen MR) is 96.0 cm³/mol. The van der Waals surface area contributed by atoms with Gasteiger partial charge in [-0.25, -0.2) is 4.98 Å². The van der Waals surface area contributed by atoms with Crippen LogP contribution in [0.3, 0.4) is 0 Å². The minimum atomic E-state index is -0.135. The number of hydrogen-bond acceptors (Lipinski definition) is 7. The summed E-state index contributed by atoms with van der Waals surface area (Å²) in [7, 11) is 1.62. The van der Waals surface area contributed by atoms with Gasteiger partial charge in [-0.3, -0.25) is 10.1 Å². The van der Waals surface area contributed by atoms with E-state index in [-0.39, 0.29) is 11.7 Å². The SMILES string of the molecule is COc1ccc2nc(SCC(=O)Nc3nnc(C(C)C)s3)[nH]c2c1. The van der Waals surface area contributed by atoms with Crippen molar-refractivity contribution in [2.75, 3.05) is 18.2 Å². The number of rotatable bonds is 6. The van der Waals surface area contributed by atoms with E-state index >= 15 is 0 Å². The van der Waals surface area contributed by atoms with Crippen molar-refractivity contribution in [2.45, 2.75) is 24.9 Å². The number of H-pyrrole nitrogens is 1. The monoisotopic (exact) mass is 363 g/mol. The van der Waals surface area contributed by atoms with Gasteiger partial charge in [0.1, 0.15) is 10.8 Å². The lowest BCUT2D eigenvalue weighted by atomic mass is 10.2. The van der Waals surface area contributed by atoms with E-state index in [0.29, 0.717) is 16.2 Å². The van der Waals surface area contributed by atoms with Gasteiger partial charge < -0.3 is 9.72 Å². The van der Waals surface area contributed by atoms with Gasteiger partial charge in [0.05, 0.1) is 23.9 Å². The van der Waals surface area contributed by atoms with Gasteiger partial charge in [0.25, 0.3) is 0 Å². The average molecular weight is 363 g/mol. The van der Waals surface area contributed by atoms with Crippen molar-refractivity contribution >= 4 is 45.2 Å². The number of methoxy groups -OCH3 is 1. The maximum atomic E-state index is 12.0. The minimum absolute atomic E-state index is 0.135. The molecular formula is C15H17N5O2S2. The zero-order chi connectivity index (χ0) is 17.1. The van der Waals surface area contributed by atoms with Crippen LogP contribution in [0.2, 0.25) is 0 Å². The molecule has 0 spiro atoms. The Balaban J connectivity index is 1.59. The Morgan fingerprint density at radius 2 is 2.25 bits per heavy atom. The number of amides is 1. The molecule has 0 saturated heterocycles. The molecule has 0 radical (unpaired) electrons. The summed E-state index contributed by atoms with van der Waals surface area (Å²) in [6.45, 7) is 4.08. The van der Waals surface area contributed by atoms with Crippen molar-refractivity contribution < 1.29 is 9.53 Å². The topological polar surface area (TPSA) is 92.8 Å². The summed E-state index contributed by atoms with van der Waals surface area (Å²) >= 11 is 2.74. The van der Waals surface area contributed by atoms with E-state index in [2.05, 4.69) is 25.5 Å². The smallest absolute Gasteiger partial charge is 0.236 e. The Bertz CT molecular complexity index is 859. The fourth-order valence-corrected chi connectivity index (χ4v) is 3.42. The number of carbonyl (C=O) groups is 1. The molecule has 0 aliphatic heterocycles. The number of nitrogens with zero attached hydrogens (tertiary/aromatic N) is 3. The van der Waals surface area contributed by atoms with Crippen molar-refractivity contribution in [3.63, 3.8) is 0 Å². The molecular weight excluding hydrogens is 346 g/mol. The number of thioether (sulfide) groups is 1. The molecule has 0 aliphatic rings. The molecule has 1 aromatic carbocycles. The molecule has 24 heavy (non-hydrogen) atoms. The van der Waals surface area contributed by atoms with E-state index in [1.54, 1.807) is 7.11 Å². The van der Waals surface area contributed by atoms with E-state index in [0.717, 1.165) is 21.8 Å². The molecule has 3 rings (SSSR count). The zero-order valence-corrected chi connectivity index (χ0v) is 15.1. The Labute approximate surface area is 147 Å². The van der Waals surface area contributed by atoms with E-state index in [1.165, 1.54) is 23.1 Å². The number of aromatic amines is 1. The number of aromatic nitrogens is 4. The lowest BCUT2D eigenvalue weighted by Crippen LogP contribution is -2.13. The van der Waals surface area contributed by atoms with Crippen molar-refractivity contribution in [1.82, 2.24) is 20.2 Å². The first-order valence-corrected chi connectivity index (χ1v) is 9.15. The fraction of sp³-hybridized carbons (Fsp3) is 0.333. The van der Waals surface area contributed by atoms with Crippen LogP contribution in [0, 0.1) is 0 Å². The highest BCUT2D eigenvalue weighted by Crippen LogP contribution is 2.24. The molecule has 0 unspecified atom stereocenters. The molecule has 0 fully saturated rings. The number of benzene rings is 1. The number of ether oxygens (including phenoxy) is 1. The summed E-state index contributed by atoms with van der Waals surface area (Å²) in [5, 5.41) is 12.9. The molecule has 2 aromatic heterocycles. The fourth-order valence-electron chi connectivity index (χ4n) is 1.97. The van der Waals surface area contributed by atoms with Gasteiger partial charge >= 0.3 is 0 Å². The highest BCUT2D eigenvalue weighted by Gasteiger charge is 2.12. The standard InChI is InChI=1S/C15H17N5O2S2/c1-8(2)13-19-20-15(24-13)18-12(21)7-23-14-16-10-5-4-9(22-3)6-11(10)17-14/h4-6,8H,7H2,1-3H3,(H,16,17)(H,18,20,21). The van der Waals surface area contributed by atoms with Gasteiger partial charge in [-0.1, -0.05) is 36.9 Å². The molecule has 0 atom stereocenters. The molecule has 3 aromatic rings. The van der Waals surface area contributed by atoms with E-state index < -0.39 is 0 Å². The number of fused-ring (bicyclic) bond motifs is 1. The summed E-state index contributed by atoms with van der Waals surface area (Å²) in [5.41, 5.74) is 1.72. The molecule has 1 amide bonds. The lowest BCUT2D eigenvalue weighted by molar-refractivity contribution is -0.113. The van der Waals surface area contributed by atoms with Crippen LogP contribution in [-0.2, 0) is 4.79 Å². The Kier molecular flexibility index (Phi) is 5.00. The Morgan fingerprint density at radius 1 is 1.42 bits per heavy atom. The number of anilines is 1. The molecule has 0 bridgehead atoms. The van der Waals surface area contributed by atoms with E-state index in [4.69, 9.17) is 4.74 Å². The zero-order valence-electron chi connectivity index (χ0n) is 13.5. The number of imidazole rings is 1. The van der Waals surface area contributed by atoms with E-state index in [1.807, 2.05) is 32.0 Å². The third kappa shape index (κ3) is 3.85. The van der Waals surface area contributed by atoms with Crippen LogP contribution < -0.4 is 10.1 Å².